The molecule has 2 heterocycles. The molecule has 0 saturated carbocycles. The van der Waals surface area contributed by atoms with E-state index in [1.54, 1.807) is 4.31 Å². The van der Waals surface area contributed by atoms with Gasteiger partial charge in [-0.3, -0.25) is 0 Å². The maximum absolute atomic E-state index is 12.3. The van der Waals surface area contributed by atoms with Gasteiger partial charge in [0.25, 0.3) is 10.2 Å². The van der Waals surface area contributed by atoms with Crippen LogP contribution in [0.3, 0.4) is 0 Å². The van der Waals surface area contributed by atoms with Crippen molar-refractivity contribution in [3.8, 4) is 0 Å². The fourth-order valence-electron chi connectivity index (χ4n) is 2.53. The Labute approximate surface area is 97.2 Å². The Hall–Kier alpha value is -0.170. The quantitative estimate of drug-likeness (QED) is 0.774. The summed E-state index contributed by atoms with van der Waals surface area (Å²) in [4.78, 5) is 0. The van der Waals surface area contributed by atoms with Crippen LogP contribution in [0.4, 0.5) is 0 Å². The van der Waals surface area contributed by atoms with Crippen LogP contribution in [-0.2, 0) is 10.2 Å². The number of hydrogen-bond acceptors (Lipinski definition) is 3. The van der Waals surface area contributed by atoms with E-state index in [9.17, 15) is 13.5 Å². The van der Waals surface area contributed by atoms with E-state index in [1.807, 2.05) is 0 Å². The Morgan fingerprint density at radius 3 is 2.31 bits per heavy atom. The first-order chi connectivity index (χ1) is 7.66. The molecule has 0 aromatic carbocycles. The van der Waals surface area contributed by atoms with Crippen molar-refractivity contribution < 1.29 is 13.5 Å². The van der Waals surface area contributed by atoms with Crippen molar-refractivity contribution in [1.82, 2.24) is 8.61 Å². The molecule has 16 heavy (non-hydrogen) atoms. The standard InChI is InChI=1S/C10H20N2O3S/c13-9-10-5-1-2-8-12(10)16(14,15)11-6-3-4-7-11/h10,13H,1-9H2. The van der Waals surface area contributed by atoms with Gasteiger partial charge in [-0.15, -0.1) is 0 Å². The van der Waals surface area contributed by atoms with Crippen LogP contribution in [-0.4, -0.2) is 54.4 Å². The molecular formula is C10H20N2O3S. The Bertz CT molecular complexity index is 325. The zero-order chi connectivity index (χ0) is 11.6. The van der Waals surface area contributed by atoms with Gasteiger partial charge in [-0.05, 0) is 25.7 Å². The van der Waals surface area contributed by atoms with E-state index in [0.717, 1.165) is 32.1 Å². The minimum atomic E-state index is -3.32. The first-order valence-electron chi connectivity index (χ1n) is 6.04. The van der Waals surface area contributed by atoms with Gasteiger partial charge < -0.3 is 5.11 Å². The van der Waals surface area contributed by atoms with Crippen molar-refractivity contribution in [2.45, 2.75) is 38.1 Å². The van der Waals surface area contributed by atoms with Crippen LogP contribution < -0.4 is 0 Å². The summed E-state index contributed by atoms with van der Waals surface area (Å²) in [5.41, 5.74) is 0. The lowest BCUT2D eigenvalue weighted by atomic mass is 10.1. The van der Waals surface area contributed by atoms with E-state index in [4.69, 9.17) is 0 Å². The fraction of sp³-hybridized carbons (Fsp3) is 1.00. The topological polar surface area (TPSA) is 60.9 Å². The van der Waals surface area contributed by atoms with E-state index < -0.39 is 10.2 Å². The first kappa shape index (κ1) is 12.3. The molecule has 0 spiro atoms. The van der Waals surface area contributed by atoms with E-state index in [-0.39, 0.29) is 12.6 Å². The molecule has 1 atom stereocenters. The fourth-order valence-corrected chi connectivity index (χ4v) is 4.45. The maximum atomic E-state index is 12.3. The predicted octanol–water partition coefficient (Wildman–Crippen LogP) is 0.174. The third kappa shape index (κ3) is 2.25. The zero-order valence-corrected chi connectivity index (χ0v) is 10.3. The van der Waals surface area contributed by atoms with Crippen LogP contribution in [0.25, 0.3) is 0 Å². The van der Waals surface area contributed by atoms with Crippen LogP contribution in [0, 0.1) is 0 Å². The predicted molar refractivity (Wildman–Crippen MR) is 61.2 cm³/mol. The molecule has 0 aromatic rings. The molecule has 6 heteroatoms. The normalized spacial score (nSPS) is 29.7. The minimum Gasteiger partial charge on any atom is -0.395 e. The van der Waals surface area contributed by atoms with Gasteiger partial charge in [-0.25, -0.2) is 0 Å². The summed E-state index contributed by atoms with van der Waals surface area (Å²) < 4.78 is 27.7. The molecule has 0 aliphatic carbocycles. The minimum absolute atomic E-state index is 0.0624. The van der Waals surface area contributed by atoms with Crippen molar-refractivity contribution in [3.05, 3.63) is 0 Å². The highest BCUT2D eigenvalue weighted by atomic mass is 32.2. The van der Waals surface area contributed by atoms with Crippen LogP contribution >= 0.6 is 0 Å². The number of piperidine rings is 1. The molecule has 2 fully saturated rings. The molecule has 0 radical (unpaired) electrons. The van der Waals surface area contributed by atoms with E-state index in [2.05, 4.69) is 0 Å². The number of hydrogen-bond donors (Lipinski definition) is 1. The largest absolute Gasteiger partial charge is 0.395 e. The van der Waals surface area contributed by atoms with Gasteiger partial charge in [0.15, 0.2) is 0 Å². The second-order valence-electron chi connectivity index (χ2n) is 4.56. The van der Waals surface area contributed by atoms with E-state index in [0.29, 0.717) is 19.6 Å². The summed E-state index contributed by atoms with van der Waals surface area (Å²) in [6.07, 6.45) is 4.61. The highest BCUT2D eigenvalue weighted by Crippen LogP contribution is 2.24. The van der Waals surface area contributed by atoms with Crippen LogP contribution in [0.1, 0.15) is 32.1 Å². The molecule has 0 aromatic heterocycles. The lowest BCUT2D eigenvalue weighted by Crippen LogP contribution is -2.51. The molecule has 2 saturated heterocycles. The van der Waals surface area contributed by atoms with Gasteiger partial charge in [0, 0.05) is 25.7 Å². The average molecular weight is 248 g/mol. The molecule has 1 N–H and O–H groups in total. The number of aliphatic hydroxyl groups is 1. The molecule has 94 valence electrons. The summed E-state index contributed by atoms with van der Waals surface area (Å²) >= 11 is 0. The Morgan fingerprint density at radius 1 is 1.06 bits per heavy atom. The summed E-state index contributed by atoms with van der Waals surface area (Å²) in [6.45, 7) is 1.77. The highest BCUT2D eigenvalue weighted by molar-refractivity contribution is 7.86. The van der Waals surface area contributed by atoms with Crippen molar-refractivity contribution >= 4 is 10.2 Å². The van der Waals surface area contributed by atoms with Crippen LogP contribution in [0.5, 0.6) is 0 Å². The lowest BCUT2D eigenvalue weighted by Gasteiger charge is -2.35. The molecule has 0 amide bonds. The molecule has 0 bridgehead atoms. The van der Waals surface area contributed by atoms with Crippen molar-refractivity contribution in [2.24, 2.45) is 0 Å². The smallest absolute Gasteiger partial charge is 0.282 e. The lowest BCUT2D eigenvalue weighted by molar-refractivity contribution is 0.149. The maximum Gasteiger partial charge on any atom is 0.282 e. The number of nitrogens with zero attached hydrogens (tertiary/aromatic N) is 2. The first-order valence-corrected chi connectivity index (χ1v) is 7.44. The van der Waals surface area contributed by atoms with Gasteiger partial charge in [0.2, 0.25) is 0 Å². The monoisotopic (exact) mass is 248 g/mol. The van der Waals surface area contributed by atoms with Gasteiger partial charge in [0.1, 0.15) is 0 Å². The number of rotatable bonds is 3. The van der Waals surface area contributed by atoms with E-state index >= 15 is 0 Å². The Balaban J connectivity index is 2.13. The third-order valence-electron chi connectivity index (χ3n) is 3.47. The molecule has 2 aliphatic rings. The highest BCUT2D eigenvalue weighted by Gasteiger charge is 2.37. The summed E-state index contributed by atoms with van der Waals surface area (Å²) in [6, 6.07) is -0.209. The van der Waals surface area contributed by atoms with Gasteiger partial charge in [0.05, 0.1) is 6.61 Å². The van der Waals surface area contributed by atoms with Crippen LogP contribution in [0.15, 0.2) is 0 Å². The average Bonchev–Trinajstić information content (AvgIpc) is 2.83. The van der Waals surface area contributed by atoms with Gasteiger partial charge in [-0.1, -0.05) is 6.42 Å². The number of aliphatic hydroxyl groups excluding tert-OH is 1. The molecule has 1 unspecified atom stereocenters. The molecule has 2 rings (SSSR count). The Morgan fingerprint density at radius 2 is 1.69 bits per heavy atom. The SMILES string of the molecule is O=S(=O)(N1CCCC1)N1CCCCC1CO. The molecular weight excluding hydrogens is 228 g/mol. The second kappa shape index (κ2) is 5.00. The summed E-state index contributed by atoms with van der Waals surface area (Å²) in [7, 11) is -3.32. The van der Waals surface area contributed by atoms with Crippen LogP contribution in [0.2, 0.25) is 0 Å². The second-order valence-corrected chi connectivity index (χ2v) is 6.44. The van der Waals surface area contributed by atoms with Crippen molar-refractivity contribution in [3.63, 3.8) is 0 Å². The third-order valence-corrected chi connectivity index (χ3v) is 5.56. The summed E-state index contributed by atoms with van der Waals surface area (Å²) in [5, 5.41) is 9.24. The zero-order valence-electron chi connectivity index (χ0n) is 9.51. The molecule has 5 nitrogen and oxygen atoms in total. The van der Waals surface area contributed by atoms with Crippen molar-refractivity contribution in [2.75, 3.05) is 26.2 Å². The summed E-state index contributed by atoms with van der Waals surface area (Å²) in [5.74, 6) is 0. The Kier molecular flexibility index (Phi) is 3.84. The van der Waals surface area contributed by atoms with Crippen molar-refractivity contribution in [1.29, 1.82) is 0 Å². The van der Waals surface area contributed by atoms with Gasteiger partial charge >= 0.3 is 0 Å². The van der Waals surface area contributed by atoms with Gasteiger partial charge in [-0.2, -0.15) is 17.0 Å². The molecule has 2 aliphatic heterocycles. The van der Waals surface area contributed by atoms with E-state index in [1.165, 1.54) is 4.31 Å².